The third-order valence-corrected chi connectivity index (χ3v) is 5.74. The van der Waals surface area contributed by atoms with E-state index in [4.69, 9.17) is 4.42 Å². The number of benzene rings is 1. The third kappa shape index (κ3) is 3.67. The zero-order valence-corrected chi connectivity index (χ0v) is 14.1. The van der Waals surface area contributed by atoms with Gasteiger partial charge in [-0.2, -0.15) is 0 Å². The fourth-order valence-corrected chi connectivity index (χ4v) is 4.32. The molecule has 0 N–H and O–H groups in total. The fourth-order valence-electron chi connectivity index (χ4n) is 2.85. The van der Waals surface area contributed by atoms with E-state index >= 15 is 0 Å². The number of rotatable bonds is 3. The Morgan fingerprint density at radius 2 is 1.96 bits per heavy atom. The number of hydrogen-bond acceptors (Lipinski definition) is 4. The van der Waals surface area contributed by atoms with Gasteiger partial charge >= 0.3 is 0 Å². The summed E-state index contributed by atoms with van der Waals surface area (Å²) < 4.78 is 42.5. The standard InChI is InChI=1S/C17H18FNO4S/c1-12-2-7-16(23-12)15-11-24(21,22)9-8-19(15)17(20)10-13-3-5-14(18)6-4-13/h2-7,15H,8-11H2,1H3/t15-/m1/s1. The zero-order chi connectivity index (χ0) is 17.3. The van der Waals surface area contributed by atoms with Crippen LogP contribution in [0.1, 0.15) is 23.1 Å². The molecule has 24 heavy (non-hydrogen) atoms. The van der Waals surface area contributed by atoms with Crippen LogP contribution in [0.3, 0.4) is 0 Å². The number of amides is 1. The Morgan fingerprint density at radius 3 is 2.58 bits per heavy atom. The van der Waals surface area contributed by atoms with E-state index in [1.807, 2.05) is 0 Å². The van der Waals surface area contributed by atoms with Crippen molar-refractivity contribution in [3.8, 4) is 0 Å². The highest BCUT2D eigenvalue weighted by Gasteiger charge is 2.36. The Bertz CT molecular complexity index is 842. The lowest BCUT2D eigenvalue weighted by Gasteiger charge is -2.34. The summed E-state index contributed by atoms with van der Waals surface area (Å²) >= 11 is 0. The molecule has 128 valence electrons. The van der Waals surface area contributed by atoms with Crippen molar-refractivity contribution in [2.75, 3.05) is 18.1 Å². The molecule has 0 unspecified atom stereocenters. The van der Waals surface area contributed by atoms with Crippen LogP contribution in [0.2, 0.25) is 0 Å². The van der Waals surface area contributed by atoms with E-state index in [0.29, 0.717) is 17.1 Å². The second-order valence-electron chi connectivity index (χ2n) is 5.97. The van der Waals surface area contributed by atoms with E-state index in [2.05, 4.69) is 0 Å². The van der Waals surface area contributed by atoms with E-state index in [9.17, 15) is 17.6 Å². The highest BCUT2D eigenvalue weighted by Crippen LogP contribution is 2.29. The lowest BCUT2D eigenvalue weighted by atomic mass is 10.1. The Morgan fingerprint density at radius 1 is 1.25 bits per heavy atom. The molecule has 1 aromatic carbocycles. The summed E-state index contributed by atoms with van der Waals surface area (Å²) in [6, 6.07) is 8.55. The molecule has 1 aliphatic heterocycles. The first-order valence-corrected chi connectivity index (χ1v) is 9.47. The minimum Gasteiger partial charge on any atom is -0.464 e. The van der Waals surface area contributed by atoms with Gasteiger partial charge in [-0.1, -0.05) is 12.1 Å². The first kappa shape index (κ1) is 16.7. The number of nitrogens with zero attached hydrogens (tertiary/aromatic N) is 1. The third-order valence-electron chi connectivity index (χ3n) is 4.11. The molecule has 0 aliphatic carbocycles. The maximum absolute atomic E-state index is 13.0. The van der Waals surface area contributed by atoms with Gasteiger partial charge < -0.3 is 9.32 Å². The van der Waals surface area contributed by atoms with Crippen LogP contribution in [0.5, 0.6) is 0 Å². The summed E-state index contributed by atoms with van der Waals surface area (Å²) in [7, 11) is -3.22. The molecule has 5 nitrogen and oxygen atoms in total. The van der Waals surface area contributed by atoms with E-state index in [0.717, 1.165) is 0 Å². The number of furan rings is 1. The Labute approximate surface area is 140 Å². The molecule has 1 aliphatic rings. The lowest BCUT2D eigenvalue weighted by Crippen LogP contribution is -2.46. The quantitative estimate of drug-likeness (QED) is 0.851. The van der Waals surface area contributed by atoms with Crippen LogP contribution in [0.25, 0.3) is 0 Å². The SMILES string of the molecule is Cc1ccc([C@H]2CS(=O)(=O)CCN2C(=O)Cc2ccc(F)cc2)o1. The molecule has 1 aromatic heterocycles. The largest absolute Gasteiger partial charge is 0.464 e. The van der Waals surface area contributed by atoms with Crippen molar-refractivity contribution >= 4 is 15.7 Å². The Hall–Kier alpha value is -2.15. The van der Waals surface area contributed by atoms with Gasteiger partial charge in [0.05, 0.1) is 17.9 Å². The smallest absolute Gasteiger partial charge is 0.227 e. The van der Waals surface area contributed by atoms with Gasteiger partial charge in [0.1, 0.15) is 23.4 Å². The van der Waals surface area contributed by atoms with Crippen LogP contribution in [0, 0.1) is 12.7 Å². The van der Waals surface area contributed by atoms with Gasteiger partial charge in [0.15, 0.2) is 9.84 Å². The normalized spacial score (nSPS) is 20.1. The maximum atomic E-state index is 13.0. The average Bonchev–Trinajstić information content (AvgIpc) is 2.95. The molecular weight excluding hydrogens is 333 g/mol. The Balaban J connectivity index is 1.83. The highest BCUT2D eigenvalue weighted by molar-refractivity contribution is 7.91. The van der Waals surface area contributed by atoms with Gasteiger partial charge in [0.25, 0.3) is 0 Å². The second-order valence-corrected chi connectivity index (χ2v) is 8.20. The minimum absolute atomic E-state index is 0.0572. The average molecular weight is 351 g/mol. The first-order chi connectivity index (χ1) is 11.3. The van der Waals surface area contributed by atoms with Gasteiger partial charge in [-0.05, 0) is 36.8 Å². The predicted octanol–water partition coefficient (Wildman–Crippen LogP) is 2.27. The van der Waals surface area contributed by atoms with E-state index < -0.39 is 15.9 Å². The lowest BCUT2D eigenvalue weighted by molar-refractivity contribution is -0.132. The zero-order valence-electron chi connectivity index (χ0n) is 13.2. The van der Waals surface area contributed by atoms with Crippen molar-refractivity contribution in [1.82, 2.24) is 4.90 Å². The molecule has 1 amide bonds. The van der Waals surface area contributed by atoms with E-state index in [-0.39, 0.29) is 36.2 Å². The molecule has 1 saturated heterocycles. The number of halogens is 1. The van der Waals surface area contributed by atoms with Crippen LogP contribution < -0.4 is 0 Å². The fraction of sp³-hybridized carbons (Fsp3) is 0.353. The summed E-state index contributed by atoms with van der Waals surface area (Å²) in [6.45, 7) is 1.90. The summed E-state index contributed by atoms with van der Waals surface area (Å²) in [5, 5.41) is 0. The molecule has 2 aromatic rings. The molecule has 0 radical (unpaired) electrons. The van der Waals surface area contributed by atoms with Crippen molar-refractivity contribution < 1.29 is 22.0 Å². The molecule has 0 spiro atoms. The van der Waals surface area contributed by atoms with Crippen molar-refractivity contribution in [3.05, 3.63) is 59.3 Å². The molecule has 2 heterocycles. The number of aryl methyl sites for hydroxylation is 1. The van der Waals surface area contributed by atoms with Crippen LogP contribution in [0.15, 0.2) is 40.8 Å². The molecule has 3 rings (SSSR count). The van der Waals surface area contributed by atoms with Gasteiger partial charge in [-0.3, -0.25) is 4.79 Å². The summed E-state index contributed by atoms with van der Waals surface area (Å²) in [6.07, 6.45) is 0.0938. The number of carbonyl (C=O) groups is 1. The molecular formula is C17H18FNO4S. The molecule has 1 fully saturated rings. The Kier molecular flexibility index (Phi) is 4.45. The van der Waals surface area contributed by atoms with Crippen molar-refractivity contribution in [2.24, 2.45) is 0 Å². The highest BCUT2D eigenvalue weighted by atomic mass is 32.2. The van der Waals surface area contributed by atoms with Crippen LogP contribution in [-0.4, -0.2) is 37.3 Å². The van der Waals surface area contributed by atoms with Crippen molar-refractivity contribution in [3.63, 3.8) is 0 Å². The molecule has 7 heteroatoms. The van der Waals surface area contributed by atoms with Gasteiger partial charge in [0.2, 0.25) is 5.91 Å². The van der Waals surface area contributed by atoms with Gasteiger partial charge in [-0.25, -0.2) is 12.8 Å². The summed E-state index contributed by atoms with van der Waals surface area (Å²) in [4.78, 5) is 14.2. The molecule has 0 bridgehead atoms. The molecule has 1 atom stereocenters. The number of carbonyl (C=O) groups excluding carboxylic acids is 1. The van der Waals surface area contributed by atoms with Gasteiger partial charge in [0, 0.05) is 6.54 Å². The number of hydrogen-bond donors (Lipinski definition) is 0. The van der Waals surface area contributed by atoms with Gasteiger partial charge in [-0.15, -0.1) is 0 Å². The first-order valence-electron chi connectivity index (χ1n) is 7.65. The predicted molar refractivity (Wildman–Crippen MR) is 86.7 cm³/mol. The summed E-state index contributed by atoms with van der Waals surface area (Å²) in [5.74, 6) is 0.380. The van der Waals surface area contributed by atoms with Crippen LogP contribution >= 0.6 is 0 Å². The van der Waals surface area contributed by atoms with Crippen LogP contribution in [-0.2, 0) is 21.1 Å². The van der Waals surface area contributed by atoms with E-state index in [1.54, 1.807) is 36.1 Å². The molecule has 0 saturated carbocycles. The van der Waals surface area contributed by atoms with E-state index in [1.165, 1.54) is 12.1 Å². The minimum atomic E-state index is -3.22. The van der Waals surface area contributed by atoms with Crippen molar-refractivity contribution in [1.29, 1.82) is 0 Å². The number of sulfone groups is 1. The topological polar surface area (TPSA) is 67.6 Å². The second kappa shape index (κ2) is 6.39. The maximum Gasteiger partial charge on any atom is 0.227 e. The van der Waals surface area contributed by atoms with Crippen LogP contribution in [0.4, 0.5) is 4.39 Å². The monoisotopic (exact) mass is 351 g/mol. The van der Waals surface area contributed by atoms with Crippen molar-refractivity contribution in [2.45, 2.75) is 19.4 Å². The summed E-state index contributed by atoms with van der Waals surface area (Å²) in [5.41, 5.74) is 0.684.